The normalized spacial score (nSPS) is 25.3. The Balaban J connectivity index is 3.11. The Hall–Kier alpha value is -2.22. The van der Waals surface area contributed by atoms with E-state index >= 15 is 0 Å². The smallest absolute Gasteiger partial charge is 0.111 e. The van der Waals surface area contributed by atoms with Gasteiger partial charge in [0.25, 0.3) is 0 Å². The SMILES string of the molecule is C=C\C=C/C(=C\C)C1=N/C=N\C/C=C\C=C/C\1=C. The fourth-order valence-electron chi connectivity index (χ4n) is 1.42. The monoisotopic (exact) mass is 238 g/mol. The molecule has 0 bridgehead atoms. The number of hydrogen-bond donors (Lipinski definition) is 0. The standard InChI is InChI=1S/C16H18N2/c1-4-6-11-15(5-2)16-14(3)10-8-7-9-12-17-13-18-16/h4-11,13H,1,3,12H2,2H3/b9-7-,10-8-,11-6-,15-5+,17-13-,18-16+. The molecule has 0 aromatic rings. The van der Waals surface area contributed by atoms with Crippen LogP contribution in [0.2, 0.25) is 0 Å². The van der Waals surface area contributed by atoms with Crippen LogP contribution in [0.25, 0.3) is 0 Å². The zero-order valence-electron chi connectivity index (χ0n) is 10.7. The third-order valence-electron chi connectivity index (χ3n) is 2.32. The van der Waals surface area contributed by atoms with Crippen LogP contribution >= 0.6 is 0 Å². The van der Waals surface area contributed by atoms with E-state index in [1.165, 1.54) is 0 Å². The van der Waals surface area contributed by atoms with Gasteiger partial charge in [0.05, 0.1) is 12.3 Å². The Bertz CT molecular complexity index is 483. The summed E-state index contributed by atoms with van der Waals surface area (Å²) in [7, 11) is 0. The second-order valence-corrected chi connectivity index (χ2v) is 3.61. The van der Waals surface area contributed by atoms with Crippen LogP contribution in [0.1, 0.15) is 6.92 Å². The molecule has 0 aromatic carbocycles. The molecule has 0 unspecified atom stereocenters. The highest BCUT2D eigenvalue weighted by Gasteiger charge is 2.05. The zero-order valence-corrected chi connectivity index (χ0v) is 10.7. The molecule has 0 N–H and O–H groups in total. The highest BCUT2D eigenvalue weighted by atomic mass is 14.9. The largest absolute Gasteiger partial charge is 0.269 e. The molecule has 0 amide bonds. The van der Waals surface area contributed by atoms with E-state index in [0.717, 1.165) is 16.9 Å². The molecule has 0 fully saturated rings. The lowest BCUT2D eigenvalue weighted by Gasteiger charge is -2.06. The van der Waals surface area contributed by atoms with Crippen LogP contribution in [-0.4, -0.2) is 18.6 Å². The molecule has 92 valence electrons. The van der Waals surface area contributed by atoms with Crippen molar-refractivity contribution in [2.75, 3.05) is 6.54 Å². The second kappa shape index (κ2) is 7.96. The van der Waals surface area contributed by atoms with Crippen molar-refractivity contribution >= 4 is 12.1 Å². The van der Waals surface area contributed by atoms with Gasteiger partial charge in [-0.05, 0) is 18.1 Å². The van der Waals surface area contributed by atoms with E-state index in [2.05, 4.69) is 23.1 Å². The van der Waals surface area contributed by atoms with Crippen LogP contribution in [0.4, 0.5) is 0 Å². The Labute approximate surface area is 109 Å². The minimum absolute atomic E-state index is 0.640. The third kappa shape index (κ3) is 4.34. The summed E-state index contributed by atoms with van der Waals surface area (Å²) >= 11 is 0. The molecule has 18 heavy (non-hydrogen) atoms. The van der Waals surface area contributed by atoms with Gasteiger partial charge in [0, 0.05) is 0 Å². The molecule has 0 aliphatic carbocycles. The van der Waals surface area contributed by atoms with Gasteiger partial charge in [0.15, 0.2) is 0 Å². The predicted molar refractivity (Wildman–Crippen MR) is 81.3 cm³/mol. The van der Waals surface area contributed by atoms with Gasteiger partial charge >= 0.3 is 0 Å². The fraction of sp³-hybridized carbons (Fsp3) is 0.125. The highest BCUT2D eigenvalue weighted by Crippen LogP contribution is 2.11. The van der Waals surface area contributed by atoms with Crippen LogP contribution in [0.5, 0.6) is 0 Å². The van der Waals surface area contributed by atoms with E-state index in [1.54, 1.807) is 12.4 Å². The summed E-state index contributed by atoms with van der Waals surface area (Å²) in [4.78, 5) is 8.54. The van der Waals surface area contributed by atoms with Crippen molar-refractivity contribution in [1.29, 1.82) is 0 Å². The minimum atomic E-state index is 0.640. The van der Waals surface area contributed by atoms with Crippen LogP contribution in [0.3, 0.4) is 0 Å². The molecule has 1 rings (SSSR count). The molecule has 0 atom stereocenters. The summed E-state index contributed by atoms with van der Waals surface area (Å²) in [6.07, 6.45) is 17.0. The van der Waals surface area contributed by atoms with Crippen LogP contribution < -0.4 is 0 Å². The highest BCUT2D eigenvalue weighted by molar-refractivity contribution is 6.17. The molecule has 1 aliphatic heterocycles. The van der Waals surface area contributed by atoms with Crippen molar-refractivity contribution in [2.45, 2.75) is 6.92 Å². The molecule has 0 aromatic heterocycles. The van der Waals surface area contributed by atoms with Crippen LogP contribution in [-0.2, 0) is 0 Å². The first-order valence-corrected chi connectivity index (χ1v) is 5.84. The Morgan fingerprint density at radius 3 is 2.94 bits per heavy atom. The van der Waals surface area contributed by atoms with Gasteiger partial charge < -0.3 is 0 Å². The van der Waals surface area contributed by atoms with Crippen molar-refractivity contribution < 1.29 is 0 Å². The van der Waals surface area contributed by atoms with E-state index in [4.69, 9.17) is 0 Å². The fourth-order valence-corrected chi connectivity index (χ4v) is 1.42. The summed E-state index contributed by atoms with van der Waals surface area (Å²) in [5.41, 5.74) is 2.68. The quantitative estimate of drug-likeness (QED) is 0.668. The number of nitrogens with zero attached hydrogens (tertiary/aromatic N) is 2. The summed E-state index contributed by atoms with van der Waals surface area (Å²) in [5, 5.41) is 0. The van der Waals surface area contributed by atoms with Crippen molar-refractivity contribution in [3.63, 3.8) is 0 Å². The van der Waals surface area contributed by atoms with E-state index in [0.29, 0.717) is 6.54 Å². The number of allylic oxidation sites excluding steroid dienone is 9. The topological polar surface area (TPSA) is 24.7 Å². The Morgan fingerprint density at radius 2 is 2.22 bits per heavy atom. The first-order chi connectivity index (χ1) is 8.79. The van der Waals surface area contributed by atoms with Crippen molar-refractivity contribution in [3.05, 3.63) is 72.9 Å². The Morgan fingerprint density at radius 1 is 1.39 bits per heavy atom. The Kier molecular flexibility index (Phi) is 6.12. The lowest BCUT2D eigenvalue weighted by Crippen LogP contribution is -2.04. The maximum absolute atomic E-state index is 4.38. The van der Waals surface area contributed by atoms with Crippen molar-refractivity contribution in [3.8, 4) is 0 Å². The molecule has 2 heteroatoms. The summed E-state index contributed by atoms with van der Waals surface area (Å²) in [5.74, 6) is 0. The number of rotatable bonds is 3. The average Bonchev–Trinajstić information content (AvgIpc) is 2.39. The van der Waals surface area contributed by atoms with Gasteiger partial charge in [0.1, 0.15) is 6.34 Å². The first kappa shape index (κ1) is 13.8. The van der Waals surface area contributed by atoms with E-state index in [9.17, 15) is 0 Å². The summed E-state index contributed by atoms with van der Waals surface area (Å²) in [6, 6.07) is 0. The summed E-state index contributed by atoms with van der Waals surface area (Å²) < 4.78 is 0. The molecular formula is C16H18N2. The van der Waals surface area contributed by atoms with E-state index in [-0.39, 0.29) is 0 Å². The number of aliphatic imine (C=N–C) groups is 2. The van der Waals surface area contributed by atoms with Crippen molar-refractivity contribution in [2.24, 2.45) is 9.98 Å². The minimum Gasteiger partial charge on any atom is -0.269 e. The molecule has 0 spiro atoms. The van der Waals surface area contributed by atoms with E-state index in [1.807, 2.05) is 49.5 Å². The molecular weight excluding hydrogens is 220 g/mol. The average molecular weight is 238 g/mol. The molecule has 1 aliphatic rings. The van der Waals surface area contributed by atoms with Gasteiger partial charge in [-0.1, -0.05) is 61.8 Å². The van der Waals surface area contributed by atoms with Crippen LogP contribution in [0.15, 0.2) is 82.9 Å². The summed E-state index contributed by atoms with van der Waals surface area (Å²) in [6.45, 7) is 10.3. The van der Waals surface area contributed by atoms with Gasteiger partial charge in [-0.15, -0.1) is 0 Å². The second-order valence-electron chi connectivity index (χ2n) is 3.61. The molecule has 0 saturated carbocycles. The maximum Gasteiger partial charge on any atom is 0.111 e. The molecule has 2 nitrogen and oxygen atoms in total. The van der Waals surface area contributed by atoms with Gasteiger partial charge in [-0.3, -0.25) is 4.99 Å². The third-order valence-corrected chi connectivity index (χ3v) is 2.32. The number of hydrogen-bond acceptors (Lipinski definition) is 2. The van der Waals surface area contributed by atoms with Gasteiger partial charge in [-0.2, -0.15) is 0 Å². The maximum atomic E-state index is 4.38. The van der Waals surface area contributed by atoms with Crippen LogP contribution in [0, 0.1) is 0 Å². The van der Waals surface area contributed by atoms with E-state index < -0.39 is 0 Å². The lowest BCUT2D eigenvalue weighted by molar-refractivity contribution is 1.25. The lowest BCUT2D eigenvalue weighted by atomic mass is 10.0. The first-order valence-electron chi connectivity index (χ1n) is 5.84. The van der Waals surface area contributed by atoms with Gasteiger partial charge in [-0.25, -0.2) is 4.99 Å². The van der Waals surface area contributed by atoms with Crippen molar-refractivity contribution in [1.82, 2.24) is 0 Å². The van der Waals surface area contributed by atoms with Gasteiger partial charge in [0.2, 0.25) is 0 Å². The zero-order chi connectivity index (χ0) is 13.2. The molecule has 0 radical (unpaired) electrons. The molecule has 1 heterocycles. The molecule has 0 saturated heterocycles. The predicted octanol–water partition coefficient (Wildman–Crippen LogP) is 3.83.